The number of nitrogens with two attached hydrogens (primary N) is 2. The fourth-order valence-electron chi connectivity index (χ4n) is 14.1. The zero-order chi connectivity index (χ0) is 77.2. The number of nitrogens with zero attached hydrogens (tertiary/aromatic N) is 4. The molecule has 6 rings (SSSR count). The van der Waals surface area contributed by atoms with Crippen LogP contribution in [0, 0.1) is 5.92 Å². The van der Waals surface area contributed by atoms with Crippen LogP contribution in [0.1, 0.15) is 188 Å². The van der Waals surface area contributed by atoms with Crippen molar-refractivity contribution in [2.75, 3.05) is 39.3 Å². The number of phenolic OH excluding ortho intramolecular Hbond substituents is 1. The fraction of sp³-hybridized carbons (Fsp3) is 0.704. The van der Waals surface area contributed by atoms with Gasteiger partial charge in [-0.25, -0.2) is 0 Å². The molecule has 0 aromatic heterocycles. The molecule has 34 nitrogen and oxygen atoms in total. The Hall–Kier alpha value is -9.05. The maximum atomic E-state index is 15.3. The monoisotopic (exact) mass is 1480 g/mol. The van der Waals surface area contributed by atoms with E-state index in [1.807, 2.05) is 6.92 Å². The van der Waals surface area contributed by atoms with E-state index in [-0.39, 0.29) is 96.3 Å². The Labute approximate surface area is 611 Å². The lowest BCUT2D eigenvalue weighted by Gasteiger charge is -2.35. The molecule has 0 saturated carbocycles. The molecule has 5 aliphatic rings. The summed E-state index contributed by atoms with van der Waals surface area (Å²) < 4.78 is 0. The number of amides is 14. The number of rotatable bonds is 23. The second-order valence-corrected chi connectivity index (χ2v) is 28.3. The van der Waals surface area contributed by atoms with Crippen molar-refractivity contribution in [3.05, 3.63) is 29.8 Å². The quantitative estimate of drug-likeness (QED) is 0.0514. The van der Waals surface area contributed by atoms with Crippen molar-refractivity contribution < 1.29 is 92.3 Å². The first kappa shape index (κ1) is 84.9. The molecule has 1 aromatic carbocycles. The number of carbonyl (C=O) groups excluding carboxylic acids is 14. The van der Waals surface area contributed by atoms with Gasteiger partial charge in [0.2, 0.25) is 82.7 Å². The molecule has 0 bridgehead atoms. The number of fused-ring (bicyclic) bond motifs is 4. The van der Waals surface area contributed by atoms with Crippen molar-refractivity contribution in [2.45, 2.75) is 273 Å². The van der Waals surface area contributed by atoms with E-state index in [4.69, 9.17) is 11.5 Å². The molecule has 5 heterocycles. The average Bonchev–Trinajstić information content (AvgIpc) is 1.68. The first-order chi connectivity index (χ1) is 50.0. The highest BCUT2D eigenvalue weighted by Crippen LogP contribution is 2.30. The molecule has 0 spiro atoms. The van der Waals surface area contributed by atoms with Gasteiger partial charge in [0.1, 0.15) is 84.3 Å². The Morgan fingerprint density at radius 3 is 1.36 bits per heavy atom. The maximum Gasteiger partial charge on any atom is 0.303 e. The molecule has 14 amide bonds. The summed E-state index contributed by atoms with van der Waals surface area (Å²) in [4.78, 5) is 219. The Morgan fingerprint density at radius 1 is 0.476 bits per heavy atom. The van der Waals surface area contributed by atoms with E-state index in [1.165, 1.54) is 50.8 Å². The second kappa shape index (κ2) is 41.6. The number of aliphatic hydroxyl groups excluding tert-OH is 2. The lowest BCUT2D eigenvalue weighted by Crippen LogP contribution is -2.62. The van der Waals surface area contributed by atoms with Gasteiger partial charge in [-0.15, -0.1) is 0 Å². The molecular formula is C71H111N15O19. The summed E-state index contributed by atoms with van der Waals surface area (Å²) in [6.07, 6.45) is 3.29. The third kappa shape index (κ3) is 24.2. The summed E-state index contributed by atoms with van der Waals surface area (Å²) >= 11 is 0. The van der Waals surface area contributed by atoms with Crippen LogP contribution in [0.4, 0.5) is 0 Å². The number of aliphatic carboxylic acids is 1. The van der Waals surface area contributed by atoms with E-state index in [2.05, 4.69) is 47.9 Å². The number of benzene rings is 1. The lowest BCUT2D eigenvalue weighted by atomic mass is 9.96. The minimum absolute atomic E-state index is 0.00909. The van der Waals surface area contributed by atoms with Crippen LogP contribution in [-0.2, 0) is 78.3 Å². The van der Waals surface area contributed by atoms with Gasteiger partial charge in [-0.2, -0.15) is 0 Å². The minimum atomic E-state index is -1.88. The van der Waals surface area contributed by atoms with Gasteiger partial charge in [-0.3, -0.25) is 71.9 Å². The summed E-state index contributed by atoms with van der Waals surface area (Å²) in [7, 11) is 0. The van der Waals surface area contributed by atoms with E-state index in [0.717, 1.165) is 32.6 Å². The zero-order valence-electron chi connectivity index (χ0n) is 61.0. The summed E-state index contributed by atoms with van der Waals surface area (Å²) in [5.74, 6) is -14.3. The van der Waals surface area contributed by atoms with Gasteiger partial charge in [-0.1, -0.05) is 77.8 Å². The number of unbranched alkanes of at least 4 members (excludes halogenated alkanes) is 6. The number of hydrogen-bond acceptors (Lipinski definition) is 19. The van der Waals surface area contributed by atoms with Crippen LogP contribution >= 0.6 is 0 Å². The largest absolute Gasteiger partial charge is 0.508 e. The standard InChI is InChI=1S/C71H111N15O19/c1-6-8-9-10-11-12-19-46-60(94)76-48(30-32-56(91)92)63(97)82-58(42(5)88)67(101)74-41(4)59(93)80-50(39-87)64(98)81-57(40(3)7-2)71(105)86-37-18-24-54(86)70(104)84-35-16-22-52(84)66(100)78-47(29-31-55(73)90)62(96)75-45(20-13-14-33-72)61(95)79-49(38-43-25-27-44(89)28-26-43)68(102)85-36-17-23-53(85)69(103)83-34-15-21-51(83)65(99)77-46/h25-28,40-42,45-54,57-58,87-89H,6-24,29-39,72H2,1-5H3,(H2,73,90)(H,74,101)(H,75,96)(H,76,94)(H,77,99)(H,78,100)(H,79,95)(H,80,93)(H,81,98)(H,82,97)(H,91,92)/t40-,41-,42+,45-,46-,47-,48-,49-,50-,51-,52-,53+,54-,57-,58-/m0/s1. The van der Waals surface area contributed by atoms with Crippen LogP contribution in [0.3, 0.4) is 0 Å². The van der Waals surface area contributed by atoms with Crippen LogP contribution in [0.15, 0.2) is 24.3 Å². The highest BCUT2D eigenvalue weighted by atomic mass is 16.4. The lowest BCUT2D eigenvalue weighted by molar-refractivity contribution is -0.149. The Morgan fingerprint density at radius 2 is 0.886 bits per heavy atom. The van der Waals surface area contributed by atoms with Gasteiger partial charge in [0.25, 0.3) is 0 Å². The fourth-order valence-corrected chi connectivity index (χ4v) is 14.1. The van der Waals surface area contributed by atoms with Crippen LogP contribution < -0.4 is 59.3 Å². The molecule has 1 aromatic rings. The molecule has 5 fully saturated rings. The highest BCUT2D eigenvalue weighted by Gasteiger charge is 2.48. The molecule has 105 heavy (non-hydrogen) atoms. The zero-order valence-corrected chi connectivity index (χ0v) is 61.0. The van der Waals surface area contributed by atoms with Gasteiger partial charge in [0.05, 0.1) is 12.7 Å². The number of carboxylic acids is 1. The molecule has 5 saturated heterocycles. The van der Waals surface area contributed by atoms with Gasteiger partial charge in [0, 0.05) is 45.4 Å². The summed E-state index contributed by atoms with van der Waals surface area (Å²) in [6.45, 7) is 7.09. The van der Waals surface area contributed by atoms with E-state index in [9.17, 15) is 82.8 Å². The van der Waals surface area contributed by atoms with Crippen LogP contribution in [0.5, 0.6) is 5.75 Å². The van der Waals surface area contributed by atoms with Crippen molar-refractivity contribution in [3.8, 4) is 5.75 Å². The number of hydrogen-bond donors (Lipinski definition) is 15. The minimum Gasteiger partial charge on any atom is -0.508 e. The van der Waals surface area contributed by atoms with Crippen LogP contribution in [-0.4, -0.2) is 253 Å². The summed E-state index contributed by atoms with van der Waals surface area (Å²) in [5, 5.41) is 64.6. The number of carboxylic acid groups (broad SMARTS) is 1. The summed E-state index contributed by atoms with van der Waals surface area (Å²) in [5.41, 5.74) is 11.9. The topological polar surface area (TPSA) is 510 Å². The number of aromatic hydroxyl groups is 1. The predicted octanol–water partition coefficient (Wildman–Crippen LogP) is -2.28. The van der Waals surface area contributed by atoms with Crippen LogP contribution in [0.25, 0.3) is 0 Å². The molecule has 15 atom stereocenters. The number of primary amides is 1. The SMILES string of the molecule is CCCCCCCC[C@@H]1NC(=O)[C@@H]2CCCN2C(=O)[C@H]2CCCN2C(=O)[C@H](Cc2ccc(O)cc2)NC(=O)[C@H](CCCCN)NC(=O)[C@H](CCC(N)=O)NC(=O)[C@@H]2CCCN2C(=O)[C@@H]2CCCN2C(=O)[C@H]([C@@H](C)CC)NC(=O)[C@H](CO)NC(=O)[C@H](C)NC(=O)[C@H]([C@@H](C)O)NC(=O)[C@H](CCC(=O)O)NC1=O. The molecule has 0 aliphatic carbocycles. The van der Waals surface area contributed by atoms with E-state index in [0.29, 0.717) is 56.9 Å². The van der Waals surface area contributed by atoms with E-state index >= 15 is 9.59 Å². The molecule has 34 heteroatoms. The first-order valence-corrected chi connectivity index (χ1v) is 37.3. The van der Waals surface area contributed by atoms with Gasteiger partial charge < -0.3 is 99.3 Å². The highest BCUT2D eigenvalue weighted by molar-refractivity contribution is 6.01. The van der Waals surface area contributed by atoms with Gasteiger partial charge in [-0.05, 0) is 134 Å². The van der Waals surface area contributed by atoms with Crippen molar-refractivity contribution in [3.63, 3.8) is 0 Å². The maximum absolute atomic E-state index is 15.3. The molecular weight excluding hydrogens is 1370 g/mol. The second-order valence-electron chi connectivity index (χ2n) is 28.3. The van der Waals surface area contributed by atoms with Crippen molar-refractivity contribution in [1.82, 2.24) is 67.5 Å². The van der Waals surface area contributed by atoms with Crippen molar-refractivity contribution in [2.24, 2.45) is 17.4 Å². The van der Waals surface area contributed by atoms with Gasteiger partial charge in [0.15, 0.2) is 0 Å². The van der Waals surface area contributed by atoms with E-state index < -0.39 is 205 Å². The third-order valence-electron chi connectivity index (χ3n) is 20.4. The smallest absolute Gasteiger partial charge is 0.303 e. The number of phenols is 1. The Balaban J connectivity index is 1.39. The first-order valence-electron chi connectivity index (χ1n) is 37.3. The Bertz CT molecular complexity index is 3230. The third-order valence-corrected chi connectivity index (χ3v) is 20.4. The molecule has 584 valence electrons. The predicted molar refractivity (Wildman–Crippen MR) is 378 cm³/mol. The molecule has 0 radical (unpaired) electrons. The number of carbonyl (C=O) groups is 15. The number of nitrogens with one attached hydrogen (secondary N) is 9. The Kier molecular flexibility index (Phi) is 33.6. The normalized spacial score (nSPS) is 28.0. The molecule has 0 unspecified atom stereocenters. The molecule has 5 aliphatic heterocycles. The number of aliphatic hydroxyl groups is 2. The van der Waals surface area contributed by atoms with E-state index in [1.54, 1.807) is 13.8 Å². The average molecular weight is 1480 g/mol. The van der Waals surface area contributed by atoms with Crippen LogP contribution in [0.2, 0.25) is 0 Å². The van der Waals surface area contributed by atoms with Crippen molar-refractivity contribution in [1.29, 1.82) is 0 Å². The van der Waals surface area contributed by atoms with Gasteiger partial charge >= 0.3 is 5.97 Å². The van der Waals surface area contributed by atoms with Crippen molar-refractivity contribution >= 4 is 88.7 Å². The molecule has 17 N–H and O–H groups in total. The summed E-state index contributed by atoms with van der Waals surface area (Å²) in [6, 6.07) is -13.0.